The van der Waals surface area contributed by atoms with Gasteiger partial charge in [0.25, 0.3) is 5.91 Å². The highest BCUT2D eigenvalue weighted by Crippen LogP contribution is 2.25. The number of cyclic esters (lactones) is 1. The van der Waals surface area contributed by atoms with Gasteiger partial charge in [-0.2, -0.15) is 0 Å². The number of aryl methyl sites for hydroxylation is 1. The molecule has 29 heavy (non-hydrogen) atoms. The summed E-state index contributed by atoms with van der Waals surface area (Å²) in [6, 6.07) is 9.37. The zero-order valence-electron chi connectivity index (χ0n) is 16.1. The summed E-state index contributed by atoms with van der Waals surface area (Å²) in [5, 5.41) is 2.55. The fourth-order valence-electron chi connectivity index (χ4n) is 3.03. The summed E-state index contributed by atoms with van der Waals surface area (Å²) in [4.78, 5) is 48.8. The molecular formula is C21H19NO7. The van der Waals surface area contributed by atoms with Crippen LogP contribution < -0.4 is 5.32 Å². The molecule has 1 atom stereocenters. The number of carbonyl (C=O) groups is 4. The van der Waals surface area contributed by atoms with Gasteiger partial charge in [0.15, 0.2) is 6.10 Å². The lowest BCUT2D eigenvalue weighted by Gasteiger charge is -2.24. The van der Waals surface area contributed by atoms with Crippen molar-refractivity contribution in [2.24, 2.45) is 0 Å². The van der Waals surface area contributed by atoms with E-state index in [1.807, 2.05) is 13.0 Å². The van der Waals surface area contributed by atoms with Crippen molar-refractivity contribution < 1.29 is 33.4 Å². The number of nitrogens with one attached hydrogen (secondary N) is 1. The number of esters is 3. The van der Waals surface area contributed by atoms with Crippen LogP contribution in [0.4, 0.5) is 5.69 Å². The molecule has 2 aromatic carbocycles. The van der Waals surface area contributed by atoms with Crippen molar-refractivity contribution in [2.75, 3.05) is 19.5 Å². The summed E-state index contributed by atoms with van der Waals surface area (Å²) < 4.78 is 14.6. The fraction of sp³-hybridized carbons (Fsp3) is 0.238. The van der Waals surface area contributed by atoms with E-state index in [1.165, 1.54) is 32.4 Å². The summed E-state index contributed by atoms with van der Waals surface area (Å²) in [5.74, 6) is -2.55. The van der Waals surface area contributed by atoms with Crippen molar-refractivity contribution in [3.8, 4) is 0 Å². The van der Waals surface area contributed by atoms with Gasteiger partial charge >= 0.3 is 17.9 Å². The van der Waals surface area contributed by atoms with Crippen LogP contribution in [0.15, 0.2) is 36.4 Å². The van der Waals surface area contributed by atoms with Crippen molar-refractivity contribution in [2.45, 2.75) is 19.4 Å². The summed E-state index contributed by atoms with van der Waals surface area (Å²) in [5.41, 5.74) is 2.27. The minimum atomic E-state index is -1.08. The summed E-state index contributed by atoms with van der Waals surface area (Å²) in [6.07, 6.45) is -0.887. The summed E-state index contributed by atoms with van der Waals surface area (Å²) >= 11 is 0. The van der Waals surface area contributed by atoms with Crippen LogP contribution in [0.25, 0.3) is 0 Å². The highest BCUT2D eigenvalue weighted by molar-refractivity contribution is 6.05. The fourth-order valence-corrected chi connectivity index (χ4v) is 3.03. The second-order valence-corrected chi connectivity index (χ2v) is 6.49. The van der Waals surface area contributed by atoms with Crippen molar-refractivity contribution in [1.29, 1.82) is 0 Å². The Balaban J connectivity index is 1.88. The van der Waals surface area contributed by atoms with E-state index in [1.54, 1.807) is 12.1 Å². The number of rotatable bonds is 4. The van der Waals surface area contributed by atoms with E-state index in [9.17, 15) is 19.2 Å². The Morgan fingerprint density at radius 3 is 2.45 bits per heavy atom. The van der Waals surface area contributed by atoms with E-state index in [0.29, 0.717) is 11.1 Å². The van der Waals surface area contributed by atoms with Crippen LogP contribution in [0, 0.1) is 6.92 Å². The first-order valence-corrected chi connectivity index (χ1v) is 8.76. The second kappa shape index (κ2) is 8.14. The molecule has 8 heteroatoms. The normalized spacial score (nSPS) is 15.0. The monoisotopic (exact) mass is 397 g/mol. The van der Waals surface area contributed by atoms with Gasteiger partial charge in [-0.1, -0.05) is 17.7 Å². The number of benzene rings is 2. The zero-order chi connectivity index (χ0) is 21.1. The van der Waals surface area contributed by atoms with Gasteiger partial charge in [0, 0.05) is 6.42 Å². The molecule has 3 rings (SSSR count). The predicted octanol–water partition coefficient (Wildman–Crippen LogP) is 2.29. The lowest BCUT2D eigenvalue weighted by atomic mass is 9.96. The maximum Gasteiger partial charge on any atom is 0.339 e. The molecule has 2 aromatic rings. The molecule has 0 saturated heterocycles. The minimum absolute atomic E-state index is 0.0478. The Hall–Kier alpha value is -3.68. The minimum Gasteiger partial charge on any atom is -0.465 e. The molecule has 0 radical (unpaired) electrons. The molecule has 1 heterocycles. The summed E-state index contributed by atoms with van der Waals surface area (Å²) in [7, 11) is 2.42. The quantitative estimate of drug-likeness (QED) is 0.623. The van der Waals surface area contributed by atoms with Gasteiger partial charge in [0.2, 0.25) is 0 Å². The van der Waals surface area contributed by atoms with Crippen molar-refractivity contribution in [3.63, 3.8) is 0 Å². The molecule has 0 bridgehead atoms. The van der Waals surface area contributed by atoms with Crippen LogP contribution in [0.1, 0.15) is 42.2 Å². The molecule has 0 spiro atoms. The molecule has 0 aliphatic carbocycles. The first-order valence-electron chi connectivity index (χ1n) is 8.76. The van der Waals surface area contributed by atoms with Crippen LogP contribution in [0.2, 0.25) is 0 Å². The van der Waals surface area contributed by atoms with E-state index in [2.05, 4.69) is 10.1 Å². The third-order valence-electron chi connectivity index (χ3n) is 4.54. The first kappa shape index (κ1) is 20.1. The number of ether oxygens (including phenoxy) is 3. The molecular weight excluding hydrogens is 378 g/mol. The lowest BCUT2D eigenvalue weighted by Crippen LogP contribution is -2.38. The smallest absolute Gasteiger partial charge is 0.339 e. The Kier molecular flexibility index (Phi) is 5.63. The number of carbonyl (C=O) groups excluding carboxylic acids is 4. The standard InChI is InChI=1S/C21H19NO7/c1-11-4-5-12-10-17(29-21(26)15(12)8-11)18(23)22-16-9-13(19(24)27-2)6-7-14(16)20(25)28-3/h4-9,17H,10H2,1-3H3,(H,22,23)/t17-/m0/s1. The highest BCUT2D eigenvalue weighted by atomic mass is 16.5. The van der Waals surface area contributed by atoms with Crippen LogP contribution in [0.3, 0.4) is 0 Å². The van der Waals surface area contributed by atoms with Crippen molar-refractivity contribution in [3.05, 3.63) is 64.2 Å². The van der Waals surface area contributed by atoms with E-state index >= 15 is 0 Å². The van der Waals surface area contributed by atoms with Crippen LogP contribution in [-0.4, -0.2) is 44.1 Å². The van der Waals surface area contributed by atoms with E-state index < -0.39 is 29.9 Å². The van der Waals surface area contributed by atoms with Crippen LogP contribution in [-0.2, 0) is 25.4 Å². The number of amides is 1. The van der Waals surface area contributed by atoms with Crippen LogP contribution in [0.5, 0.6) is 0 Å². The maximum absolute atomic E-state index is 12.7. The Morgan fingerprint density at radius 2 is 1.76 bits per heavy atom. The SMILES string of the molecule is COC(=O)c1ccc(C(=O)OC)c(NC(=O)[C@@H]2Cc3ccc(C)cc3C(=O)O2)c1. The highest BCUT2D eigenvalue weighted by Gasteiger charge is 2.32. The number of methoxy groups -OCH3 is 2. The largest absolute Gasteiger partial charge is 0.465 e. The number of hydrogen-bond donors (Lipinski definition) is 1. The Bertz CT molecular complexity index is 1010. The third kappa shape index (κ3) is 4.11. The average Bonchev–Trinajstić information content (AvgIpc) is 2.72. The van der Waals surface area contributed by atoms with E-state index in [4.69, 9.17) is 9.47 Å². The third-order valence-corrected chi connectivity index (χ3v) is 4.54. The van der Waals surface area contributed by atoms with Gasteiger partial charge in [0.1, 0.15) is 0 Å². The Labute approximate surface area is 166 Å². The molecule has 0 unspecified atom stereocenters. The molecule has 0 saturated carbocycles. The number of fused-ring (bicyclic) bond motifs is 1. The van der Waals surface area contributed by atoms with E-state index in [-0.39, 0.29) is 23.2 Å². The van der Waals surface area contributed by atoms with Crippen LogP contribution >= 0.6 is 0 Å². The molecule has 0 fully saturated rings. The topological polar surface area (TPSA) is 108 Å². The van der Waals surface area contributed by atoms with E-state index in [0.717, 1.165) is 5.56 Å². The second-order valence-electron chi connectivity index (χ2n) is 6.49. The van der Waals surface area contributed by atoms with Crippen molar-refractivity contribution in [1.82, 2.24) is 0 Å². The van der Waals surface area contributed by atoms with Gasteiger partial charge in [-0.3, -0.25) is 4.79 Å². The van der Waals surface area contributed by atoms with Gasteiger partial charge < -0.3 is 19.5 Å². The van der Waals surface area contributed by atoms with Gasteiger partial charge in [-0.05, 0) is 36.8 Å². The molecule has 0 aromatic heterocycles. The molecule has 1 aliphatic heterocycles. The summed E-state index contributed by atoms with van der Waals surface area (Å²) in [6.45, 7) is 1.86. The molecule has 8 nitrogen and oxygen atoms in total. The maximum atomic E-state index is 12.7. The van der Waals surface area contributed by atoms with Gasteiger partial charge in [-0.25, -0.2) is 14.4 Å². The number of anilines is 1. The number of hydrogen-bond acceptors (Lipinski definition) is 7. The lowest BCUT2D eigenvalue weighted by molar-refractivity contribution is -0.125. The van der Waals surface area contributed by atoms with Gasteiger partial charge in [0.05, 0.1) is 36.6 Å². The molecule has 150 valence electrons. The molecule has 1 amide bonds. The average molecular weight is 397 g/mol. The first-order chi connectivity index (χ1) is 13.8. The zero-order valence-corrected chi connectivity index (χ0v) is 16.1. The molecule has 1 N–H and O–H groups in total. The predicted molar refractivity (Wildman–Crippen MR) is 102 cm³/mol. The Morgan fingerprint density at radius 1 is 1.03 bits per heavy atom. The molecule has 1 aliphatic rings. The van der Waals surface area contributed by atoms with Gasteiger partial charge in [-0.15, -0.1) is 0 Å². The van der Waals surface area contributed by atoms with Crippen molar-refractivity contribution >= 4 is 29.5 Å².